The molecule has 0 nitrogen and oxygen atoms in total. The molecule has 0 saturated heterocycles. The van der Waals surface area contributed by atoms with Gasteiger partial charge in [0.25, 0.3) is 0 Å². The molecule has 1 aliphatic carbocycles. The van der Waals surface area contributed by atoms with Crippen LogP contribution in [0.2, 0.25) is 0 Å². The van der Waals surface area contributed by atoms with E-state index < -0.39 is 12.6 Å². The summed E-state index contributed by atoms with van der Waals surface area (Å²) in [7, 11) is 0. The molecule has 23 heavy (non-hydrogen) atoms. The zero-order valence-electron chi connectivity index (χ0n) is 13.8. The van der Waals surface area contributed by atoms with Crippen LogP contribution in [0.15, 0.2) is 24.3 Å². The zero-order valence-corrected chi connectivity index (χ0v) is 13.8. The molecule has 1 fully saturated rings. The van der Waals surface area contributed by atoms with Gasteiger partial charge in [0.1, 0.15) is 0 Å². The van der Waals surface area contributed by atoms with E-state index in [1.165, 1.54) is 44.1 Å². The van der Waals surface area contributed by atoms with Crippen molar-refractivity contribution in [3.05, 3.63) is 35.4 Å². The molecule has 0 aliphatic heterocycles. The van der Waals surface area contributed by atoms with Crippen LogP contribution in [0.3, 0.4) is 0 Å². The summed E-state index contributed by atoms with van der Waals surface area (Å²) in [5.41, 5.74) is 2.15. The van der Waals surface area contributed by atoms with Crippen LogP contribution in [-0.4, -0.2) is 6.18 Å². The minimum atomic E-state index is -4.12. The molecule has 0 radical (unpaired) electrons. The van der Waals surface area contributed by atoms with E-state index in [0.29, 0.717) is 5.92 Å². The van der Waals surface area contributed by atoms with Crippen molar-refractivity contribution in [3.63, 3.8) is 0 Å². The maximum absolute atomic E-state index is 12.0. The Hall–Kier alpha value is -1.43. The predicted octanol–water partition coefficient (Wildman–Crippen LogP) is 6.45. The standard InChI is InChI=1S/C20H25F3/c1-2-5-16-7-11-18(12-8-16)19-13-9-17(10-14-19)6-3-4-15-20(21,22)23/h9-10,13-14,16,18H,2,4-5,7-8,11-12,15H2,1H3/t16-,18-. The Labute approximate surface area is 137 Å². The van der Waals surface area contributed by atoms with Gasteiger partial charge in [-0.15, -0.1) is 0 Å². The second-order valence-electron chi connectivity index (χ2n) is 6.55. The lowest BCUT2D eigenvalue weighted by Crippen LogP contribution is -2.13. The Bertz CT molecular complexity index is 523. The number of alkyl halides is 3. The van der Waals surface area contributed by atoms with Gasteiger partial charge in [0.05, 0.1) is 6.42 Å². The van der Waals surface area contributed by atoms with E-state index in [1.807, 2.05) is 12.1 Å². The molecular formula is C20H25F3. The first-order valence-corrected chi connectivity index (χ1v) is 8.63. The quantitative estimate of drug-likeness (QED) is 0.558. The molecule has 3 heteroatoms. The summed E-state index contributed by atoms with van der Waals surface area (Å²) < 4.78 is 36.1. The van der Waals surface area contributed by atoms with Crippen LogP contribution < -0.4 is 0 Å². The number of benzene rings is 1. The van der Waals surface area contributed by atoms with Gasteiger partial charge in [0, 0.05) is 12.0 Å². The number of halogens is 3. The average Bonchev–Trinajstić information content (AvgIpc) is 2.52. The van der Waals surface area contributed by atoms with Gasteiger partial charge < -0.3 is 0 Å². The second kappa shape index (κ2) is 8.43. The fraction of sp³-hybridized carbons (Fsp3) is 0.600. The molecule has 0 atom stereocenters. The Balaban J connectivity index is 1.84. The number of hydrogen-bond acceptors (Lipinski definition) is 0. The molecule has 0 bridgehead atoms. The fourth-order valence-electron chi connectivity index (χ4n) is 3.40. The fourth-order valence-corrected chi connectivity index (χ4v) is 3.40. The van der Waals surface area contributed by atoms with Crippen LogP contribution in [-0.2, 0) is 0 Å². The first kappa shape index (κ1) is 17.9. The molecule has 0 aromatic heterocycles. The van der Waals surface area contributed by atoms with Gasteiger partial charge in [-0.1, -0.05) is 43.7 Å². The summed E-state index contributed by atoms with van der Waals surface area (Å²) in [5, 5.41) is 0. The minimum Gasteiger partial charge on any atom is -0.171 e. The molecule has 0 amide bonds. The van der Waals surface area contributed by atoms with Crippen molar-refractivity contribution in [1.82, 2.24) is 0 Å². The summed E-state index contributed by atoms with van der Waals surface area (Å²) >= 11 is 0. The first-order chi connectivity index (χ1) is 11.0. The molecule has 0 spiro atoms. The summed E-state index contributed by atoms with van der Waals surface area (Å²) in [6.45, 7) is 2.25. The molecular weight excluding hydrogens is 297 g/mol. The third-order valence-corrected chi connectivity index (χ3v) is 4.69. The van der Waals surface area contributed by atoms with Crippen LogP contribution in [0.4, 0.5) is 13.2 Å². The van der Waals surface area contributed by atoms with Crippen molar-refractivity contribution in [2.24, 2.45) is 5.92 Å². The average molecular weight is 322 g/mol. The Morgan fingerprint density at radius 3 is 2.26 bits per heavy atom. The van der Waals surface area contributed by atoms with Crippen LogP contribution in [0.5, 0.6) is 0 Å². The largest absolute Gasteiger partial charge is 0.390 e. The molecule has 0 unspecified atom stereocenters. The molecule has 1 aromatic carbocycles. The van der Waals surface area contributed by atoms with Crippen LogP contribution in [0.25, 0.3) is 0 Å². The summed E-state index contributed by atoms with van der Waals surface area (Å²) in [6.07, 6.45) is 2.68. The van der Waals surface area contributed by atoms with Gasteiger partial charge in [0.2, 0.25) is 0 Å². The summed E-state index contributed by atoms with van der Waals surface area (Å²) in [4.78, 5) is 0. The van der Waals surface area contributed by atoms with Crippen molar-refractivity contribution in [3.8, 4) is 11.8 Å². The summed E-state index contributed by atoms with van der Waals surface area (Å²) in [6, 6.07) is 8.07. The van der Waals surface area contributed by atoms with Crippen molar-refractivity contribution in [2.75, 3.05) is 0 Å². The van der Waals surface area contributed by atoms with Gasteiger partial charge in [-0.2, -0.15) is 13.2 Å². The van der Waals surface area contributed by atoms with Crippen LogP contribution in [0.1, 0.15) is 75.3 Å². The maximum Gasteiger partial charge on any atom is 0.390 e. The molecule has 1 aliphatic rings. The predicted molar refractivity (Wildman–Crippen MR) is 88.2 cm³/mol. The van der Waals surface area contributed by atoms with Gasteiger partial charge >= 0.3 is 6.18 Å². The smallest absolute Gasteiger partial charge is 0.171 e. The summed E-state index contributed by atoms with van der Waals surface area (Å²) in [5.74, 6) is 6.96. The minimum absolute atomic E-state index is 0.132. The topological polar surface area (TPSA) is 0 Å². The van der Waals surface area contributed by atoms with E-state index in [4.69, 9.17) is 0 Å². The Morgan fingerprint density at radius 1 is 1.04 bits per heavy atom. The SMILES string of the molecule is CCC[C@H]1CC[C@H](c2ccc(C#CCCC(F)(F)F)cc2)CC1. The van der Waals surface area contributed by atoms with E-state index >= 15 is 0 Å². The van der Waals surface area contributed by atoms with Gasteiger partial charge in [0.15, 0.2) is 0 Å². The molecule has 0 heterocycles. The monoisotopic (exact) mass is 322 g/mol. The lowest BCUT2D eigenvalue weighted by molar-refractivity contribution is -0.133. The molecule has 126 valence electrons. The van der Waals surface area contributed by atoms with E-state index in [1.54, 1.807) is 0 Å². The second-order valence-corrected chi connectivity index (χ2v) is 6.55. The number of hydrogen-bond donors (Lipinski definition) is 0. The Morgan fingerprint density at radius 2 is 1.70 bits per heavy atom. The zero-order chi connectivity index (χ0) is 16.7. The van der Waals surface area contributed by atoms with Gasteiger partial charge in [-0.05, 0) is 55.2 Å². The van der Waals surface area contributed by atoms with Crippen molar-refractivity contribution in [2.45, 2.75) is 70.4 Å². The van der Waals surface area contributed by atoms with E-state index in [9.17, 15) is 13.2 Å². The van der Waals surface area contributed by atoms with Crippen LogP contribution in [0, 0.1) is 17.8 Å². The third-order valence-electron chi connectivity index (χ3n) is 4.69. The highest BCUT2D eigenvalue weighted by Crippen LogP contribution is 2.37. The van der Waals surface area contributed by atoms with Crippen molar-refractivity contribution < 1.29 is 13.2 Å². The maximum atomic E-state index is 12.0. The third kappa shape index (κ3) is 6.29. The first-order valence-electron chi connectivity index (χ1n) is 8.63. The van der Waals surface area contributed by atoms with Crippen molar-refractivity contribution in [1.29, 1.82) is 0 Å². The highest BCUT2D eigenvalue weighted by molar-refractivity contribution is 5.37. The lowest BCUT2D eigenvalue weighted by Gasteiger charge is -2.28. The van der Waals surface area contributed by atoms with Crippen molar-refractivity contribution >= 4 is 0 Å². The Kier molecular flexibility index (Phi) is 6.57. The normalized spacial score (nSPS) is 21.6. The van der Waals surface area contributed by atoms with Gasteiger partial charge in [-0.3, -0.25) is 0 Å². The lowest BCUT2D eigenvalue weighted by atomic mass is 9.77. The highest BCUT2D eigenvalue weighted by atomic mass is 19.4. The molecule has 2 rings (SSSR count). The van der Waals surface area contributed by atoms with E-state index in [2.05, 4.69) is 30.9 Å². The van der Waals surface area contributed by atoms with Crippen LogP contribution >= 0.6 is 0 Å². The highest BCUT2D eigenvalue weighted by Gasteiger charge is 2.25. The van der Waals surface area contributed by atoms with Gasteiger partial charge in [-0.25, -0.2) is 0 Å². The van der Waals surface area contributed by atoms with E-state index in [0.717, 1.165) is 11.5 Å². The van der Waals surface area contributed by atoms with E-state index in [-0.39, 0.29) is 6.42 Å². The molecule has 0 N–H and O–H groups in total. The molecule has 1 aromatic rings. The molecule has 1 saturated carbocycles. The number of rotatable bonds is 4.